The van der Waals surface area contributed by atoms with Crippen LogP contribution >= 0.6 is 24.0 Å². The fraction of sp³-hybridized carbons (Fsp3) is 0.381. The van der Waals surface area contributed by atoms with Gasteiger partial charge in [-0.05, 0) is 23.8 Å². The first kappa shape index (κ1) is 24.7. The van der Waals surface area contributed by atoms with Gasteiger partial charge in [-0.15, -0.1) is 24.0 Å². The monoisotopic (exact) mass is 515 g/mol. The van der Waals surface area contributed by atoms with E-state index >= 15 is 0 Å². The maximum atomic E-state index is 5.44. The summed E-state index contributed by atoms with van der Waals surface area (Å²) >= 11 is 0. The number of benzene rings is 2. The summed E-state index contributed by atoms with van der Waals surface area (Å²) in [5.74, 6) is 3.44. The Morgan fingerprint density at radius 3 is 2.03 bits per heavy atom. The van der Waals surface area contributed by atoms with Crippen molar-refractivity contribution in [1.82, 2.24) is 10.2 Å². The Balaban J connectivity index is 0.00000420. The Hall–Kier alpha value is -2.36. The molecule has 29 heavy (non-hydrogen) atoms. The number of methoxy groups -OCH3 is 4. The van der Waals surface area contributed by atoms with Gasteiger partial charge in [0.2, 0.25) is 5.75 Å². The van der Waals surface area contributed by atoms with Crippen molar-refractivity contribution < 1.29 is 18.9 Å². The minimum absolute atomic E-state index is 0. The fourth-order valence-electron chi connectivity index (χ4n) is 2.97. The predicted molar refractivity (Wildman–Crippen MR) is 126 cm³/mol. The number of aliphatic imine (C=N–C) groups is 1. The van der Waals surface area contributed by atoms with Crippen molar-refractivity contribution in [3.8, 4) is 23.0 Å². The number of guanidine groups is 1. The highest BCUT2D eigenvalue weighted by atomic mass is 127. The Morgan fingerprint density at radius 2 is 1.52 bits per heavy atom. The minimum atomic E-state index is 0. The Bertz CT molecular complexity index is 789. The fourth-order valence-corrected chi connectivity index (χ4v) is 2.97. The van der Waals surface area contributed by atoms with E-state index in [0.29, 0.717) is 30.3 Å². The highest BCUT2D eigenvalue weighted by Gasteiger charge is 2.14. The van der Waals surface area contributed by atoms with E-state index < -0.39 is 0 Å². The second kappa shape index (κ2) is 12.3. The lowest BCUT2D eigenvalue weighted by molar-refractivity contribution is 0.323. The lowest BCUT2D eigenvalue weighted by atomic mass is 10.1. The van der Waals surface area contributed by atoms with E-state index in [1.165, 1.54) is 0 Å². The molecule has 0 spiro atoms. The molecule has 0 heterocycles. The number of ether oxygens (including phenoxy) is 4. The van der Waals surface area contributed by atoms with Gasteiger partial charge in [-0.3, -0.25) is 4.99 Å². The van der Waals surface area contributed by atoms with Crippen LogP contribution in [0.3, 0.4) is 0 Å². The SMILES string of the molecule is CN=C(NCc1cc(OC)c(OC)c(OC)c1)N(C)Cc1ccccc1OC.I. The van der Waals surface area contributed by atoms with Gasteiger partial charge < -0.3 is 29.2 Å². The number of rotatable bonds is 8. The van der Waals surface area contributed by atoms with Gasteiger partial charge in [0.25, 0.3) is 0 Å². The maximum Gasteiger partial charge on any atom is 0.203 e. The molecule has 0 radical (unpaired) electrons. The summed E-state index contributed by atoms with van der Waals surface area (Å²) in [5.41, 5.74) is 2.07. The lowest BCUT2D eigenvalue weighted by Gasteiger charge is -2.23. The zero-order valence-electron chi connectivity index (χ0n) is 17.8. The highest BCUT2D eigenvalue weighted by molar-refractivity contribution is 14.0. The first-order valence-corrected chi connectivity index (χ1v) is 8.90. The summed E-state index contributed by atoms with van der Waals surface area (Å²) < 4.78 is 21.6. The molecule has 7 nitrogen and oxygen atoms in total. The summed E-state index contributed by atoms with van der Waals surface area (Å²) in [6.07, 6.45) is 0. The average molecular weight is 515 g/mol. The maximum absolute atomic E-state index is 5.44. The highest BCUT2D eigenvalue weighted by Crippen LogP contribution is 2.38. The van der Waals surface area contributed by atoms with E-state index in [0.717, 1.165) is 22.8 Å². The summed E-state index contributed by atoms with van der Waals surface area (Å²) in [7, 11) is 10.2. The van der Waals surface area contributed by atoms with Gasteiger partial charge in [0, 0.05) is 32.7 Å². The molecule has 2 aromatic rings. The van der Waals surface area contributed by atoms with Crippen LogP contribution in [0.15, 0.2) is 41.4 Å². The van der Waals surface area contributed by atoms with E-state index in [4.69, 9.17) is 18.9 Å². The third-order valence-electron chi connectivity index (χ3n) is 4.35. The number of nitrogens with zero attached hydrogens (tertiary/aromatic N) is 2. The largest absolute Gasteiger partial charge is 0.496 e. The molecule has 0 saturated carbocycles. The molecule has 0 aromatic heterocycles. The summed E-state index contributed by atoms with van der Waals surface area (Å²) in [4.78, 5) is 6.41. The van der Waals surface area contributed by atoms with E-state index in [9.17, 15) is 0 Å². The molecule has 0 bridgehead atoms. The van der Waals surface area contributed by atoms with Crippen molar-refractivity contribution in [1.29, 1.82) is 0 Å². The van der Waals surface area contributed by atoms with E-state index in [1.807, 2.05) is 48.3 Å². The van der Waals surface area contributed by atoms with Crippen LogP contribution in [0.2, 0.25) is 0 Å². The molecule has 2 aromatic carbocycles. The van der Waals surface area contributed by atoms with Crippen LogP contribution in [0.25, 0.3) is 0 Å². The Morgan fingerprint density at radius 1 is 0.931 bits per heavy atom. The molecule has 2 rings (SSSR count). The van der Waals surface area contributed by atoms with Gasteiger partial charge in [-0.2, -0.15) is 0 Å². The molecule has 0 fully saturated rings. The number of hydrogen-bond acceptors (Lipinski definition) is 5. The van der Waals surface area contributed by atoms with Gasteiger partial charge in [-0.1, -0.05) is 18.2 Å². The van der Waals surface area contributed by atoms with Gasteiger partial charge in [0.15, 0.2) is 17.5 Å². The number of hydrogen-bond donors (Lipinski definition) is 1. The summed E-state index contributed by atoms with van der Waals surface area (Å²) in [6.45, 7) is 1.22. The molecule has 0 aliphatic carbocycles. The molecule has 0 aliphatic rings. The van der Waals surface area contributed by atoms with Crippen LogP contribution in [-0.2, 0) is 13.1 Å². The molecule has 0 unspecified atom stereocenters. The molecule has 0 aliphatic heterocycles. The normalized spacial score (nSPS) is 10.6. The van der Waals surface area contributed by atoms with Crippen molar-refractivity contribution >= 4 is 29.9 Å². The number of para-hydroxylation sites is 1. The van der Waals surface area contributed by atoms with Gasteiger partial charge in [0.1, 0.15) is 5.75 Å². The quantitative estimate of drug-likeness (QED) is 0.330. The van der Waals surface area contributed by atoms with Crippen molar-refractivity contribution in [2.75, 3.05) is 42.5 Å². The second-order valence-electron chi connectivity index (χ2n) is 6.10. The third kappa shape index (κ3) is 6.31. The molecule has 8 heteroatoms. The van der Waals surface area contributed by atoms with Crippen LogP contribution < -0.4 is 24.3 Å². The first-order chi connectivity index (χ1) is 13.6. The van der Waals surface area contributed by atoms with Crippen LogP contribution in [0, 0.1) is 0 Å². The van der Waals surface area contributed by atoms with Crippen molar-refractivity contribution in [3.63, 3.8) is 0 Å². The predicted octanol–water partition coefficient (Wildman–Crippen LogP) is 3.55. The van der Waals surface area contributed by atoms with Crippen LogP contribution in [0.5, 0.6) is 23.0 Å². The van der Waals surface area contributed by atoms with E-state index in [2.05, 4.69) is 10.3 Å². The van der Waals surface area contributed by atoms with Crippen LogP contribution in [-0.4, -0.2) is 53.4 Å². The standard InChI is InChI=1S/C21H29N3O4.HI/c1-22-21(24(2)14-16-9-7-8-10-17(16)25-3)23-13-15-11-18(26-4)20(28-6)19(12-15)27-5;/h7-12H,13-14H2,1-6H3,(H,22,23);1H. The zero-order valence-corrected chi connectivity index (χ0v) is 20.1. The molecule has 1 N–H and O–H groups in total. The topological polar surface area (TPSA) is 64.6 Å². The first-order valence-electron chi connectivity index (χ1n) is 8.90. The van der Waals surface area contributed by atoms with Gasteiger partial charge in [-0.25, -0.2) is 0 Å². The van der Waals surface area contributed by atoms with Crippen LogP contribution in [0.1, 0.15) is 11.1 Å². The summed E-state index contributed by atoms with van der Waals surface area (Å²) in [6, 6.07) is 11.8. The van der Waals surface area contributed by atoms with Gasteiger partial charge >= 0.3 is 0 Å². The summed E-state index contributed by atoms with van der Waals surface area (Å²) in [5, 5.41) is 3.37. The number of halogens is 1. The van der Waals surface area contributed by atoms with Crippen molar-refractivity contribution in [3.05, 3.63) is 47.5 Å². The molecule has 0 saturated heterocycles. The third-order valence-corrected chi connectivity index (χ3v) is 4.35. The number of nitrogens with one attached hydrogen (secondary N) is 1. The smallest absolute Gasteiger partial charge is 0.203 e. The van der Waals surface area contributed by atoms with Gasteiger partial charge in [0.05, 0.1) is 28.4 Å². The molecule has 0 amide bonds. The Labute approximate surface area is 190 Å². The molecule has 0 atom stereocenters. The van der Waals surface area contributed by atoms with E-state index in [1.54, 1.807) is 35.5 Å². The zero-order chi connectivity index (χ0) is 20.5. The minimum Gasteiger partial charge on any atom is -0.496 e. The van der Waals surface area contributed by atoms with Crippen LogP contribution in [0.4, 0.5) is 0 Å². The Kier molecular flexibility index (Phi) is 10.4. The average Bonchev–Trinajstić information content (AvgIpc) is 2.73. The molecule has 160 valence electrons. The van der Waals surface area contributed by atoms with E-state index in [-0.39, 0.29) is 24.0 Å². The lowest BCUT2D eigenvalue weighted by Crippen LogP contribution is -2.38. The molecular weight excluding hydrogens is 485 g/mol. The second-order valence-corrected chi connectivity index (χ2v) is 6.10. The van der Waals surface area contributed by atoms with Crippen molar-refractivity contribution in [2.24, 2.45) is 4.99 Å². The van der Waals surface area contributed by atoms with Crippen molar-refractivity contribution in [2.45, 2.75) is 13.1 Å². The molecular formula is C21H30IN3O4.